The van der Waals surface area contributed by atoms with Gasteiger partial charge in [-0.1, -0.05) is 41.9 Å². The van der Waals surface area contributed by atoms with E-state index in [1.807, 2.05) is 12.1 Å². The van der Waals surface area contributed by atoms with Crippen LogP contribution in [0.2, 0.25) is 5.02 Å². The molecule has 1 heterocycles. The predicted molar refractivity (Wildman–Crippen MR) is 92.1 cm³/mol. The first-order chi connectivity index (χ1) is 12.4. The summed E-state index contributed by atoms with van der Waals surface area (Å²) < 4.78 is 39.1. The highest BCUT2D eigenvalue weighted by Crippen LogP contribution is 2.32. The molecule has 1 amide bonds. The largest absolute Gasteiger partial charge is 0.416 e. The lowest BCUT2D eigenvalue weighted by atomic mass is 9.94. The van der Waals surface area contributed by atoms with Crippen LogP contribution in [0.3, 0.4) is 0 Å². The summed E-state index contributed by atoms with van der Waals surface area (Å²) in [6.07, 6.45) is -4.45. The first kappa shape index (κ1) is 18.7. The van der Waals surface area contributed by atoms with E-state index in [4.69, 9.17) is 11.6 Å². The second-order valence-corrected chi connectivity index (χ2v) is 6.47. The topological polar surface area (TPSA) is 53.2 Å². The molecule has 0 aromatic heterocycles. The second-order valence-electron chi connectivity index (χ2n) is 6.03. The van der Waals surface area contributed by atoms with E-state index >= 15 is 0 Å². The van der Waals surface area contributed by atoms with Crippen molar-refractivity contribution in [1.29, 1.82) is 0 Å². The number of amides is 1. The van der Waals surface area contributed by atoms with Gasteiger partial charge in [0, 0.05) is 18.1 Å². The maximum atomic E-state index is 13.0. The number of alkyl halides is 3. The highest BCUT2D eigenvalue weighted by atomic mass is 35.5. The number of carbonyl (C=O) groups is 1. The van der Waals surface area contributed by atoms with Crippen molar-refractivity contribution in [2.45, 2.75) is 18.8 Å². The van der Waals surface area contributed by atoms with Crippen molar-refractivity contribution < 1.29 is 18.0 Å². The fourth-order valence-corrected chi connectivity index (χ4v) is 3.12. The molecule has 0 bridgehead atoms. The molecule has 2 aromatic carbocycles. The molecule has 2 atom stereocenters. The van der Waals surface area contributed by atoms with E-state index in [0.29, 0.717) is 11.6 Å². The van der Waals surface area contributed by atoms with E-state index in [0.717, 1.165) is 11.6 Å². The highest BCUT2D eigenvalue weighted by Gasteiger charge is 2.35. The molecule has 0 aliphatic carbocycles. The summed E-state index contributed by atoms with van der Waals surface area (Å²) in [5.74, 6) is -0.770. The lowest BCUT2D eigenvalue weighted by molar-refractivity contribution is -0.138. The summed E-state index contributed by atoms with van der Waals surface area (Å²) in [4.78, 5) is 12.5. The van der Waals surface area contributed by atoms with Gasteiger partial charge in [0.15, 0.2) is 0 Å². The zero-order valence-corrected chi connectivity index (χ0v) is 14.4. The van der Waals surface area contributed by atoms with Crippen LogP contribution in [0, 0.1) is 5.92 Å². The van der Waals surface area contributed by atoms with Crippen molar-refractivity contribution in [3.8, 4) is 0 Å². The predicted octanol–water partition coefficient (Wildman–Crippen LogP) is 3.44. The number of carbonyl (C=O) groups excluding carboxylic acids is 1. The molecule has 3 rings (SSSR count). The molecule has 1 fully saturated rings. The first-order valence-corrected chi connectivity index (χ1v) is 8.41. The van der Waals surface area contributed by atoms with Crippen molar-refractivity contribution in [2.24, 2.45) is 5.92 Å². The molecule has 0 radical (unpaired) electrons. The second kappa shape index (κ2) is 7.65. The molecule has 2 unspecified atom stereocenters. The molecule has 0 spiro atoms. The van der Waals surface area contributed by atoms with Crippen LogP contribution in [0.25, 0.3) is 0 Å². The maximum absolute atomic E-state index is 13.0. The molecule has 1 aliphatic rings. The Morgan fingerprint density at radius 2 is 1.85 bits per heavy atom. The van der Waals surface area contributed by atoms with Crippen LogP contribution in [-0.2, 0) is 17.5 Å². The Morgan fingerprint density at radius 1 is 1.15 bits per heavy atom. The van der Waals surface area contributed by atoms with E-state index in [1.54, 1.807) is 12.1 Å². The van der Waals surface area contributed by atoms with Crippen LogP contribution in [0.4, 0.5) is 13.2 Å². The van der Waals surface area contributed by atoms with Crippen molar-refractivity contribution in [3.63, 3.8) is 0 Å². The SMILES string of the molecule is O=C(NCc1ccccc1C(F)(F)F)C1CNNC1c1ccc(Cl)cc1. The molecule has 2 aromatic rings. The molecule has 26 heavy (non-hydrogen) atoms. The van der Waals surface area contributed by atoms with E-state index < -0.39 is 17.7 Å². The smallest absolute Gasteiger partial charge is 0.352 e. The van der Waals surface area contributed by atoms with Crippen LogP contribution >= 0.6 is 11.6 Å². The molecule has 1 saturated heterocycles. The number of hydrogen-bond acceptors (Lipinski definition) is 3. The number of halogens is 4. The minimum atomic E-state index is -4.45. The average molecular weight is 384 g/mol. The number of benzene rings is 2. The number of hydrogen-bond donors (Lipinski definition) is 3. The summed E-state index contributed by atoms with van der Waals surface area (Å²) in [7, 11) is 0. The monoisotopic (exact) mass is 383 g/mol. The Morgan fingerprint density at radius 3 is 2.54 bits per heavy atom. The van der Waals surface area contributed by atoms with Crippen LogP contribution in [0.1, 0.15) is 22.7 Å². The van der Waals surface area contributed by atoms with E-state index in [-0.39, 0.29) is 24.1 Å². The van der Waals surface area contributed by atoms with Crippen LogP contribution in [-0.4, -0.2) is 12.5 Å². The maximum Gasteiger partial charge on any atom is 0.416 e. The third-order valence-electron chi connectivity index (χ3n) is 4.32. The quantitative estimate of drug-likeness (QED) is 0.758. The molecular formula is C18H17ClF3N3O. The van der Waals surface area contributed by atoms with E-state index in [9.17, 15) is 18.0 Å². The summed E-state index contributed by atoms with van der Waals surface area (Å²) in [5.41, 5.74) is 6.12. The lowest BCUT2D eigenvalue weighted by Crippen LogP contribution is -2.35. The lowest BCUT2D eigenvalue weighted by Gasteiger charge is -2.19. The van der Waals surface area contributed by atoms with Gasteiger partial charge in [-0.2, -0.15) is 13.2 Å². The Balaban J connectivity index is 1.69. The molecule has 8 heteroatoms. The molecular weight excluding hydrogens is 367 g/mol. The molecule has 1 aliphatic heterocycles. The van der Waals surface area contributed by atoms with E-state index in [1.165, 1.54) is 18.2 Å². The van der Waals surface area contributed by atoms with Gasteiger partial charge in [-0.15, -0.1) is 0 Å². The summed E-state index contributed by atoms with van der Waals surface area (Å²) >= 11 is 5.88. The van der Waals surface area contributed by atoms with Crippen molar-refractivity contribution in [1.82, 2.24) is 16.2 Å². The van der Waals surface area contributed by atoms with Gasteiger partial charge in [0.05, 0.1) is 17.5 Å². The number of rotatable bonds is 4. The fourth-order valence-electron chi connectivity index (χ4n) is 2.99. The Kier molecular flexibility index (Phi) is 5.50. The Hall–Kier alpha value is -2.09. The van der Waals surface area contributed by atoms with Gasteiger partial charge in [-0.3, -0.25) is 10.2 Å². The Labute approximate surface area is 153 Å². The van der Waals surface area contributed by atoms with Gasteiger partial charge < -0.3 is 5.32 Å². The van der Waals surface area contributed by atoms with Gasteiger partial charge in [0.2, 0.25) is 5.91 Å². The fraction of sp³-hybridized carbons (Fsp3) is 0.278. The van der Waals surface area contributed by atoms with Crippen LogP contribution in [0.15, 0.2) is 48.5 Å². The third kappa shape index (κ3) is 4.17. The van der Waals surface area contributed by atoms with Crippen molar-refractivity contribution >= 4 is 17.5 Å². The van der Waals surface area contributed by atoms with Crippen LogP contribution in [0.5, 0.6) is 0 Å². The summed E-state index contributed by atoms with van der Waals surface area (Å²) in [6, 6.07) is 12.0. The Bertz CT molecular complexity index is 780. The van der Waals surface area contributed by atoms with Gasteiger partial charge in [0.25, 0.3) is 0 Å². The summed E-state index contributed by atoms with van der Waals surface area (Å²) in [6.45, 7) is 0.193. The zero-order valence-electron chi connectivity index (χ0n) is 13.6. The van der Waals surface area contributed by atoms with Gasteiger partial charge in [0.1, 0.15) is 0 Å². The van der Waals surface area contributed by atoms with Crippen LogP contribution < -0.4 is 16.2 Å². The molecule has 3 N–H and O–H groups in total. The number of hydrazine groups is 1. The normalized spacial score (nSPS) is 20.2. The third-order valence-corrected chi connectivity index (χ3v) is 4.58. The zero-order chi connectivity index (χ0) is 18.7. The first-order valence-electron chi connectivity index (χ1n) is 8.03. The summed E-state index contributed by atoms with van der Waals surface area (Å²) in [5, 5.41) is 3.21. The van der Waals surface area contributed by atoms with Gasteiger partial charge in [-0.05, 0) is 29.3 Å². The molecule has 0 saturated carbocycles. The average Bonchev–Trinajstić information content (AvgIpc) is 3.09. The molecule has 4 nitrogen and oxygen atoms in total. The number of nitrogens with one attached hydrogen (secondary N) is 3. The van der Waals surface area contributed by atoms with Gasteiger partial charge in [-0.25, -0.2) is 5.43 Å². The van der Waals surface area contributed by atoms with Gasteiger partial charge >= 0.3 is 6.18 Å². The minimum absolute atomic E-state index is 0.0373. The van der Waals surface area contributed by atoms with Crippen molar-refractivity contribution in [3.05, 3.63) is 70.2 Å². The minimum Gasteiger partial charge on any atom is -0.352 e. The molecule has 138 valence electrons. The standard InChI is InChI=1S/C18H17ClF3N3O/c19-13-7-5-11(6-8-13)16-14(10-24-25-16)17(26)23-9-12-3-1-2-4-15(12)18(20,21)22/h1-8,14,16,24-25H,9-10H2,(H,23,26). The van der Waals surface area contributed by atoms with Crippen molar-refractivity contribution in [2.75, 3.05) is 6.54 Å². The van der Waals surface area contributed by atoms with E-state index in [2.05, 4.69) is 16.2 Å². The highest BCUT2D eigenvalue weighted by molar-refractivity contribution is 6.30.